The van der Waals surface area contributed by atoms with E-state index in [1.807, 2.05) is 17.0 Å². The Hall–Kier alpha value is -2.53. The van der Waals surface area contributed by atoms with Crippen LogP contribution >= 0.6 is 12.4 Å². The summed E-state index contributed by atoms with van der Waals surface area (Å²) in [5, 5.41) is 2.86. The summed E-state index contributed by atoms with van der Waals surface area (Å²) in [5.74, 6) is -0.0818. The van der Waals surface area contributed by atoms with Crippen LogP contribution in [0.4, 0.5) is 11.4 Å². The second-order valence-electron chi connectivity index (χ2n) is 6.40. The van der Waals surface area contributed by atoms with Crippen LogP contribution in [0.25, 0.3) is 0 Å². The van der Waals surface area contributed by atoms with Crippen molar-refractivity contribution in [2.24, 2.45) is 0 Å². The molecule has 1 fully saturated rings. The van der Waals surface area contributed by atoms with E-state index in [0.29, 0.717) is 16.9 Å². The molecule has 2 amide bonds. The Labute approximate surface area is 160 Å². The minimum atomic E-state index is -0.118. The van der Waals surface area contributed by atoms with Crippen LogP contribution < -0.4 is 11.1 Å². The average Bonchev–Trinajstić information content (AvgIpc) is 2.64. The third kappa shape index (κ3) is 5.23. The van der Waals surface area contributed by atoms with Gasteiger partial charge in [-0.05, 0) is 55.2 Å². The highest BCUT2D eigenvalue weighted by Crippen LogP contribution is 2.17. The zero-order chi connectivity index (χ0) is 17.6. The zero-order valence-electron chi connectivity index (χ0n) is 14.6. The first-order valence-corrected chi connectivity index (χ1v) is 8.65. The van der Waals surface area contributed by atoms with Gasteiger partial charge in [0.25, 0.3) is 5.91 Å². The van der Waals surface area contributed by atoms with Crippen LogP contribution in [0.15, 0.2) is 48.5 Å². The number of rotatable bonds is 4. The predicted octanol–water partition coefficient (Wildman–Crippen LogP) is 3.50. The van der Waals surface area contributed by atoms with E-state index < -0.39 is 0 Å². The molecule has 0 saturated carbocycles. The summed E-state index contributed by atoms with van der Waals surface area (Å²) in [4.78, 5) is 26.7. The number of nitrogen functional groups attached to an aromatic ring is 1. The summed E-state index contributed by atoms with van der Waals surface area (Å²) in [6.07, 6.45) is 3.57. The molecule has 1 heterocycles. The Morgan fingerprint density at radius 2 is 1.69 bits per heavy atom. The molecule has 2 aromatic carbocycles. The summed E-state index contributed by atoms with van der Waals surface area (Å²) < 4.78 is 0. The number of likely N-dealkylation sites (tertiary alicyclic amines) is 1. The van der Waals surface area contributed by atoms with E-state index in [9.17, 15) is 9.59 Å². The van der Waals surface area contributed by atoms with Crippen molar-refractivity contribution in [1.29, 1.82) is 0 Å². The van der Waals surface area contributed by atoms with Gasteiger partial charge in [0, 0.05) is 30.0 Å². The molecule has 1 saturated heterocycles. The Morgan fingerprint density at radius 1 is 1.00 bits per heavy atom. The molecule has 3 rings (SSSR count). The third-order valence-electron chi connectivity index (χ3n) is 4.38. The second kappa shape index (κ2) is 9.25. The standard InChI is InChI=1S/C20H23N3O2.ClH/c21-17-9-7-15(8-10-17)13-19(24)22-18-6-4-5-16(14-18)20(25)23-11-2-1-3-12-23;/h4-10,14H,1-3,11-13,21H2,(H,22,24);1H. The highest BCUT2D eigenvalue weighted by molar-refractivity contribution is 5.97. The molecule has 1 aliphatic rings. The van der Waals surface area contributed by atoms with Gasteiger partial charge in [0.1, 0.15) is 0 Å². The molecule has 2 aromatic rings. The maximum Gasteiger partial charge on any atom is 0.253 e. The van der Waals surface area contributed by atoms with Crippen LogP contribution in [0.1, 0.15) is 35.2 Å². The molecule has 138 valence electrons. The van der Waals surface area contributed by atoms with Gasteiger partial charge in [0.15, 0.2) is 0 Å². The fraction of sp³-hybridized carbons (Fsp3) is 0.300. The van der Waals surface area contributed by atoms with E-state index in [4.69, 9.17) is 5.73 Å². The minimum Gasteiger partial charge on any atom is -0.399 e. The highest BCUT2D eigenvalue weighted by Gasteiger charge is 2.18. The molecule has 3 N–H and O–H groups in total. The Bertz CT molecular complexity index is 756. The molecular formula is C20H24ClN3O2. The van der Waals surface area contributed by atoms with E-state index >= 15 is 0 Å². The first-order valence-electron chi connectivity index (χ1n) is 8.65. The van der Waals surface area contributed by atoms with Crippen molar-refractivity contribution in [1.82, 2.24) is 4.90 Å². The quantitative estimate of drug-likeness (QED) is 0.805. The molecule has 1 aliphatic heterocycles. The maximum absolute atomic E-state index is 12.6. The SMILES string of the molecule is Cl.Nc1ccc(CC(=O)Nc2cccc(C(=O)N3CCCCC3)c2)cc1. The number of piperidine rings is 1. The lowest BCUT2D eigenvalue weighted by Gasteiger charge is -2.26. The van der Waals surface area contributed by atoms with Gasteiger partial charge < -0.3 is 16.0 Å². The number of benzene rings is 2. The lowest BCUT2D eigenvalue weighted by atomic mass is 10.1. The lowest BCUT2D eigenvalue weighted by Crippen LogP contribution is -2.35. The Balaban J connectivity index is 0.00000243. The Morgan fingerprint density at radius 3 is 2.38 bits per heavy atom. The number of carbonyl (C=O) groups is 2. The van der Waals surface area contributed by atoms with Gasteiger partial charge in [-0.1, -0.05) is 18.2 Å². The number of amides is 2. The van der Waals surface area contributed by atoms with Gasteiger partial charge in [-0.15, -0.1) is 12.4 Å². The first kappa shape index (κ1) is 19.8. The summed E-state index contributed by atoms with van der Waals surface area (Å²) in [7, 11) is 0. The molecule has 26 heavy (non-hydrogen) atoms. The van der Waals surface area contributed by atoms with Crippen molar-refractivity contribution in [3.63, 3.8) is 0 Å². The number of nitrogens with one attached hydrogen (secondary N) is 1. The van der Waals surface area contributed by atoms with Crippen LogP contribution in [0.2, 0.25) is 0 Å². The molecule has 0 atom stereocenters. The molecule has 0 spiro atoms. The molecule has 0 radical (unpaired) electrons. The van der Waals surface area contributed by atoms with Crippen LogP contribution in [0.3, 0.4) is 0 Å². The molecule has 6 heteroatoms. The summed E-state index contributed by atoms with van der Waals surface area (Å²) in [6, 6.07) is 14.4. The fourth-order valence-electron chi connectivity index (χ4n) is 3.04. The monoisotopic (exact) mass is 373 g/mol. The number of carbonyl (C=O) groups excluding carboxylic acids is 2. The fourth-order valence-corrected chi connectivity index (χ4v) is 3.04. The number of anilines is 2. The van der Waals surface area contributed by atoms with E-state index in [0.717, 1.165) is 31.5 Å². The molecule has 5 nitrogen and oxygen atoms in total. The molecule has 0 aliphatic carbocycles. The third-order valence-corrected chi connectivity index (χ3v) is 4.38. The van der Waals surface area contributed by atoms with Gasteiger partial charge in [-0.2, -0.15) is 0 Å². The van der Waals surface area contributed by atoms with Crippen molar-refractivity contribution < 1.29 is 9.59 Å². The number of halogens is 1. The van der Waals surface area contributed by atoms with Gasteiger partial charge in [0.2, 0.25) is 5.91 Å². The van der Waals surface area contributed by atoms with Crippen molar-refractivity contribution in [2.75, 3.05) is 24.1 Å². The van der Waals surface area contributed by atoms with E-state index in [2.05, 4.69) is 5.32 Å². The first-order chi connectivity index (χ1) is 12.1. The Kier molecular flexibility index (Phi) is 7.04. The van der Waals surface area contributed by atoms with Crippen molar-refractivity contribution >= 4 is 35.6 Å². The smallest absolute Gasteiger partial charge is 0.253 e. The van der Waals surface area contributed by atoms with Crippen LogP contribution in [0, 0.1) is 0 Å². The summed E-state index contributed by atoms with van der Waals surface area (Å²) in [5.41, 5.74) is 8.48. The van der Waals surface area contributed by atoms with Crippen LogP contribution in [-0.4, -0.2) is 29.8 Å². The summed E-state index contributed by atoms with van der Waals surface area (Å²) in [6.45, 7) is 1.62. The maximum atomic E-state index is 12.6. The van der Waals surface area contributed by atoms with Crippen molar-refractivity contribution in [2.45, 2.75) is 25.7 Å². The van der Waals surface area contributed by atoms with E-state index in [-0.39, 0.29) is 30.6 Å². The number of nitrogens with zero attached hydrogens (tertiary/aromatic N) is 1. The van der Waals surface area contributed by atoms with Crippen molar-refractivity contribution in [3.8, 4) is 0 Å². The minimum absolute atomic E-state index is 0. The number of hydrogen-bond donors (Lipinski definition) is 2. The predicted molar refractivity (Wildman–Crippen MR) is 107 cm³/mol. The normalized spacial score (nSPS) is 13.6. The number of nitrogens with two attached hydrogens (primary N) is 1. The molecule has 0 bridgehead atoms. The topological polar surface area (TPSA) is 75.4 Å². The lowest BCUT2D eigenvalue weighted by molar-refractivity contribution is -0.115. The second-order valence-corrected chi connectivity index (χ2v) is 6.40. The largest absolute Gasteiger partial charge is 0.399 e. The van der Waals surface area contributed by atoms with Crippen LogP contribution in [-0.2, 0) is 11.2 Å². The average molecular weight is 374 g/mol. The van der Waals surface area contributed by atoms with Crippen molar-refractivity contribution in [3.05, 3.63) is 59.7 Å². The molecule has 0 unspecified atom stereocenters. The number of hydrogen-bond acceptors (Lipinski definition) is 3. The highest BCUT2D eigenvalue weighted by atomic mass is 35.5. The van der Waals surface area contributed by atoms with Gasteiger partial charge >= 0.3 is 0 Å². The van der Waals surface area contributed by atoms with Gasteiger partial charge in [-0.3, -0.25) is 9.59 Å². The zero-order valence-corrected chi connectivity index (χ0v) is 15.4. The van der Waals surface area contributed by atoms with E-state index in [1.54, 1.807) is 36.4 Å². The van der Waals surface area contributed by atoms with Gasteiger partial charge in [-0.25, -0.2) is 0 Å². The molecular weight excluding hydrogens is 350 g/mol. The van der Waals surface area contributed by atoms with E-state index in [1.165, 1.54) is 6.42 Å². The van der Waals surface area contributed by atoms with Gasteiger partial charge in [0.05, 0.1) is 6.42 Å². The van der Waals surface area contributed by atoms with Crippen LogP contribution in [0.5, 0.6) is 0 Å². The summed E-state index contributed by atoms with van der Waals surface area (Å²) >= 11 is 0. The molecule has 0 aromatic heterocycles.